The number of hydrogen-bond acceptors (Lipinski definition) is 5. The number of hydrogen-bond donors (Lipinski definition) is 0. The third-order valence-electron chi connectivity index (χ3n) is 4.54. The molecule has 6 heteroatoms. The molecule has 2 saturated heterocycles. The monoisotopic (exact) mass is 336 g/mol. The van der Waals surface area contributed by atoms with E-state index < -0.39 is 0 Å². The number of amides is 1. The van der Waals surface area contributed by atoms with E-state index in [4.69, 9.17) is 9.47 Å². The van der Waals surface area contributed by atoms with Crippen molar-refractivity contribution in [3.63, 3.8) is 0 Å². The topological polar surface area (TPSA) is 42.0 Å². The Hall–Kier alpha value is -1.40. The quantitative estimate of drug-likeness (QED) is 0.798. The lowest BCUT2D eigenvalue weighted by Crippen LogP contribution is -2.36. The highest BCUT2D eigenvalue weighted by atomic mass is 32.2. The van der Waals surface area contributed by atoms with Crippen molar-refractivity contribution in [1.82, 2.24) is 9.80 Å². The van der Waals surface area contributed by atoms with Gasteiger partial charge in [0.1, 0.15) is 16.9 Å². The minimum atomic E-state index is -0.0313. The van der Waals surface area contributed by atoms with Gasteiger partial charge in [-0.05, 0) is 38.1 Å². The van der Waals surface area contributed by atoms with Crippen LogP contribution in [-0.4, -0.2) is 61.9 Å². The van der Waals surface area contributed by atoms with Crippen LogP contribution in [0.25, 0.3) is 0 Å². The highest BCUT2D eigenvalue weighted by Gasteiger charge is 2.36. The molecule has 1 unspecified atom stereocenters. The lowest BCUT2D eigenvalue weighted by Gasteiger charge is -2.28. The molecule has 0 aliphatic carbocycles. The summed E-state index contributed by atoms with van der Waals surface area (Å²) in [6, 6.07) is 5.77. The summed E-state index contributed by atoms with van der Waals surface area (Å²) < 4.78 is 11.0. The zero-order chi connectivity index (χ0) is 16.2. The molecular formula is C17H24N2O3S. The summed E-state index contributed by atoms with van der Waals surface area (Å²) in [5.74, 6) is 2.28. The Morgan fingerprint density at radius 3 is 2.39 bits per heavy atom. The molecule has 2 heterocycles. The van der Waals surface area contributed by atoms with E-state index in [0.29, 0.717) is 5.75 Å². The van der Waals surface area contributed by atoms with E-state index in [-0.39, 0.29) is 11.3 Å². The molecule has 23 heavy (non-hydrogen) atoms. The van der Waals surface area contributed by atoms with Crippen molar-refractivity contribution in [2.45, 2.75) is 18.2 Å². The maximum absolute atomic E-state index is 12.4. The van der Waals surface area contributed by atoms with Gasteiger partial charge in [-0.3, -0.25) is 4.79 Å². The summed E-state index contributed by atoms with van der Waals surface area (Å²) in [5, 5.41) is -0.0313. The molecule has 0 radical (unpaired) electrons. The van der Waals surface area contributed by atoms with Crippen LogP contribution in [0.4, 0.5) is 0 Å². The van der Waals surface area contributed by atoms with Gasteiger partial charge in [0.05, 0.1) is 25.5 Å². The molecule has 2 aliphatic rings. The summed E-state index contributed by atoms with van der Waals surface area (Å²) >= 11 is 1.65. The molecule has 0 aromatic heterocycles. The maximum atomic E-state index is 12.4. The number of rotatable bonds is 6. The van der Waals surface area contributed by atoms with Crippen molar-refractivity contribution < 1.29 is 14.3 Å². The molecular weight excluding hydrogens is 312 g/mol. The lowest BCUT2D eigenvalue weighted by molar-refractivity contribution is -0.128. The fourth-order valence-corrected chi connectivity index (χ4v) is 4.58. The van der Waals surface area contributed by atoms with E-state index in [1.807, 2.05) is 23.1 Å². The van der Waals surface area contributed by atoms with Crippen LogP contribution in [-0.2, 0) is 4.79 Å². The fraction of sp³-hybridized carbons (Fsp3) is 0.588. The van der Waals surface area contributed by atoms with E-state index in [0.717, 1.165) is 43.2 Å². The Morgan fingerprint density at radius 1 is 1.13 bits per heavy atom. The van der Waals surface area contributed by atoms with Crippen molar-refractivity contribution in [3.8, 4) is 11.5 Å². The van der Waals surface area contributed by atoms with Crippen LogP contribution in [0.5, 0.6) is 11.5 Å². The largest absolute Gasteiger partial charge is 0.496 e. The van der Waals surface area contributed by atoms with Gasteiger partial charge in [0.25, 0.3) is 0 Å². The van der Waals surface area contributed by atoms with E-state index in [1.54, 1.807) is 26.0 Å². The minimum absolute atomic E-state index is 0.0313. The first kappa shape index (κ1) is 16.5. The van der Waals surface area contributed by atoms with Crippen molar-refractivity contribution >= 4 is 17.7 Å². The van der Waals surface area contributed by atoms with Crippen molar-refractivity contribution in [1.29, 1.82) is 0 Å². The van der Waals surface area contributed by atoms with Crippen molar-refractivity contribution in [2.75, 3.05) is 46.2 Å². The van der Waals surface area contributed by atoms with Crippen LogP contribution in [0.15, 0.2) is 18.2 Å². The van der Waals surface area contributed by atoms with E-state index >= 15 is 0 Å². The average Bonchev–Trinajstić information content (AvgIpc) is 3.21. The summed E-state index contributed by atoms with van der Waals surface area (Å²) in [6.07, 6.45) is 2.54. The fourth-order valence-electron chi connectivity index (χ4n) is 3.31. The molecule has 1 aromatic carbocycles. The van der Waals surface area contributed by atoms with Crippen molar-refractivity contribution in [3.05, 3.63) is 23.8 Å². The number of methoxy groups -OCH3 is 2. The molecule has 1 aromatic rings. The Bertz CT molecular complexity index is 539. The molecule has 2 aliphatic heterocycles. The van der Waals surface area contributed by atoms with E-state index in [1.165, 1.54) is 12.8 Å². The number of thioether (sulfide) groups is 1. The summed E-state index contributed by atoms with van der Waals surface area (Å²) in [6.45, 7) is 4.01. The maximum Gasteiger partial charge on any atom is 0.233 e. The molecule has 0 saturated carbocycles. The van der Waals surface area contributed by atoms with Gasteiger partial charge < -0.3 is 19.3 Å². The van der Waals surface area contributed by atoms with Gasteiger partial charge in [0.2, 0.25) is 5.91 Å². The van der Waals surface area contributed by atoms with Crippen LogP contribution in [0.2, 0.25) is 0 Å². The number of carbonyl (C=O) groups is 1. The molecule has 5 nitrogen and oxygen atoms in total. The first-order valence-corrected chi connectivity index (χ1v) is 9.13. The van der Waals surface area contributed by atoms with Crippen LogP contribution in [0, 0.1) is 0 Å². The molecule has 3 rings (SSSR count). The van der Waals surface area contributed by atoms with E-state index in [9.17, 15) is 4.79 Å². The third kappa shape index (κ3) is 3.43. The minimum Gasteiger partial charge on any atom is -0.496 e. The standard InChI is InChI=1S/C17H24N2O3S/c1-21-13-6-5-7-14(22-2)16(13)17-19(15(20)12-23-17)11-10-18-8-3-4-9-18/h5-7,17H,3-4,8-12H2,1-2H3. The van der Waals surface area contributed by atoms with Crippen molar-refractivity contribution in [2.24, 2.45) is 0 Å². The Kier molecular flexibility index (Phi) is 5.33. The Balaban J connectivity index is 1.81. The molecule has 126 valence electrons. The van der Waals surface area contributed by atoms with Gasteiger partial charge in [0, 0.05) is 13.1 Å². The predicted molar refractivity (Wildman–Crippen MR) is 92.1 cm³/mol. The third-order valence-corrected chi connectivity index (χ3v) is 5.76. The second kappa shape index (κ2) is 7.45. The summed E-state index contributed by atoms with van der Waals surface area (Å²) in [7, 11) is 3.32. The normalized spacial score (nSPS) is 21.9. The summed E-state index contributed by atoms with van der Waals surface area (Å²) in [4.78, 5) is 16.8. The molecule has 1 amide bonds. The van der Waals surface area contributed by atoms with Crippen LogP contribution in [0.3, 0.4) is 0 Å². The number of nitrogens with zero attached hydrogens (tertiary/aromatic N) is 2. The summed E-state index contributed by atoms with van der Waals surface area (Å²) in [5.41, 5.74) is 0.967. The lowest BCUT2D eigenvalue weighted by atomic mass is 10.1. The van der Waals surface area contributed by atoms with Gasteiger partial charge in [-0.1, -0.05) is 6.07 Å². The predicted octanol–water partition coefficient (Wildman–Crippen LogP) is 2.37. The SMILES string of the molecule is COc1cccc(OC)c1C1SCC(=O)N1CCN1CCCC1. The second-order valence-corrected chi connectivity index (χ2v) is 6.94. The smallest absolute Gasteiger partial charge is 0.233 e. The van der Waals surface area contributed by atoms with Gasteiger partial charge in [-0.25, -0.2) is 0 Å². The number of benzene rings is 1. The molecule has 0 bridgehead atoms. The van der Waals surface area contributed by atoms with Gasteiger partial charge in [-0.2, -0.15) is 0 Å². The van der Waals surface area contributed by atoms with Crippen LogP contribution in [0.1, 0.15) is 23.8 Å². The average molecular weight is 336 g/mol. The van der Waals surface area contributed by atoms with Crippen LogP contribution >= 0.6 is 11.8 Å². The second-order valence-electron chi connectivity index (χ2n) is 5.88. The Morgan fingerprint density at radius 2 is 1.78 bits per heavy atom. The van der Waals surface area contributed by atoms with Gasteiger partial charge in [0.15, 0.2) is 0 Å². The molecule has 0 spiro atoms. The Labute approximate surface area is 141 Å². The van der Waals surface area contributed by atoms with E-state index in [2.05, 4.69) is 4.90 Å². The molecule has 2 fully saturated rings. The van der Waals surface area contributed by atoms with Gasteiger partial charge >= 0.3 is 0 Å². The number of ether oxygens (including phenoxy) is 2. The number of carbonyl (C=O) groups excluding carboxylic acids is 1. The zero-order valence-electron chi connectivity index (χ0n) is 13.8. The van der Waals surface area contributed by atoms with Crippen LogP contribution < -0.4 is 9.47 Å². The van der Waals surface area contributed by atoms with Gasteiger partial charge in [-0.15, -0.1) is 11.8 Å². The molecule has 0 N–H and O–H groups in total. The zero-order valence-corrected chi connectivity index (χ0v) is 14.6. The highest BCUT2D eigenvalue weighted by molar-refractivity contribution is 8.00. The first-order valence-electron chi connectivity index (χ1n) is 8.09. The number of likely N-dealkylation sites (tertiary alicyclic amines) is 1. The first-order chi connectivity index (χ1) is 11.2. The molecule has 1 atom stereocenters. The highest BCUT2D eigenvalue weighted by Crippen LogP contribution is 2.46.